The maximum Gasteiger partial charge on any atom is 0.416 e. The van der Waals surface area contributed by atoms with Gasteiger partial charge in [0.05, 0.1) is 5.56 Å². The number of benzene rings is 1. The molecule has 1 aliphatic carbocycles. The van der Waals surface area contributed by atoms with Crippen LogP contribution in [0.25, 0.3) is 0 Å². The summed E-state index contributed by atoms with van der Waals surface area (Å²) in [6.07, 6.45) is -2.08. The van der Waals surface area contributed by atoms with E-state index in [1.54, 1.807) is 12.3 Å². The number of carbonyl (C=O) groups excluding carboxylic acids is 1. The van der Waals surface area contributed by atoms with Crippen LogP contribution in [0.4, 0.5) is 13.2 Å². The quantitative estimate of drug-likeness (QED) is 0.923. The molecule has 3 rings (SSSR count). The van der Waals surface area contributed by atoms with Crippen LogP contribution in [-0.4, -0.2) is 10.9 Å². The third kappa shape index (κ3) is 3.75. The Balaban J connectivity index is 1.58. The van der Waals surface area contributed by atoms with E-state index in [-0.39, 0.29) is 17.7 Å². The van der Waals surface area contributed by atoms with Gasteiger partial charge in [-0.3, -0.25) is 9.78 Å². The number of nitrogens with one attached hydrogen (secondary N) is 1. The van der Waals surface area contributed by atoms with Crippen LogP contribution in [0.1, 0.15) is 34.7 Å². The zero-order valence-electron chi connectivity index (χ0n) is 13.1. The summed E-state index contributed by atoms with van der Waals surface area (Å²) in [5, 5.41) is 2.82. The second-order valence-corrected chi connectivity index (χ2v) is 6.10. The molecule has 1 amide bonds. The molecule has 1 aromatic carbocycles. The summed E-state index contributed by atoms with van der Waals surface area (Å²) in [5.74, 6) is -0.520. The summed E-state index contributed by atoms with van der Waals surface area (Å²) >= 11 is 0. The first-order valence-electron chi connectivity index (χ1n) is 7.71. The van der Waals surface area contributed by atoms with Crippen LogP contribution in [0.15, 0.2) is 42.6 Å². The van der Waals surface area contributed by atoms with Crippen LogP contribution in [0.2, 0.25) is 0 Å². The van der Waals surface area contributed by atoms with Gasteiger partial charge in [-0.1, -0.05) is 24.3 Å². The van der Waals surface area contributed by atoms with E-state index < -0.39 is 11.7 Å². The molecule has 1 N–H and O–H groups in total. The molecule has 1 aromatic heterocycles. The topological polar surface area (TPSA) is 42.0 Å². The number of pyridine rings is 1. The minimum atomic E-state index is -4.36. The number of aromatic nitrogens is 1. The lowest BCUT2D eigenvalue weighted by atomic mass is 10.1. The Hall–Kier alpha value is -2.37. The smallest absolute Gasteiger partial charge is 0.352 e. The molecular weight excluding hydrogens is 317 g/mol. The Bertz CT molecular complexity index is 741. The van der Waals surface area contributed by atoms with E-state index in [1.165, 1.54) is 6.07 Å². The van der Waals surface area contributed by atoms with Gasteiger partial charge < -0.3 is 5.32 Å². The predicted molar refractivity (Wildman–Crippen MR) is 83.1 cm³/mol. The van der Waals surface area contributed by atoms with E-state index in [9.17, 15) is 18.0 Å². The van der Waals surface area contributed by atoms with Crippen molar-refractivity contribution in [2.45, 2.75) is 32.0 Å². The minimum absolute atomic E-state index is 0.127. The van der Waals surface area contributed by atoms with Crippen molar-refractivity contribution in [3.05, 3.63) is 65.0 Å². The van der Waals surface area contributed by atoms with E-state index in [1.807, 2.05) is 19.1 Å². The zero-order valence-corrected chi connectivity index (χ0v) is 13.1. The Morgan fingerprint density at radius 3 is 2.75 bits per heavy atom. The highest BCUT2D eigenvalue weighted by atomic mass is 19.4. The average Bonchev–Trinajstić information content (AvgIpc) is 3.34. The zero-order chi connectivity index (χ0) is 17.3. The SMILES string of the molecule is Cc1ccc(CNC(=O)[C@H]2C[C@@H]2c2cccc(C(F)(F)F)c2)cn1. The van der Waals surface area contributed by atoms with Crippen molar-refractivity contribution < 1.29 is 18.0 Å². The number of rotatable bonds is 4. The van der Waals surface area contributed by atoms with E-state index >= 15 is 0 Å². The lowest BCUT2D eigenvalue weighted by Crippen LogP contribution is -2.25. The highest BCUT2D eigenvalue weighted by molar-refractivity contribution is 5.82. The maximum absolute atomic E-state index is 12.8. The molecule has 0 radical (unpaired) electrons. The highest BCUT2D eigenvalue weighted by Crippen LogP contribution is 2.48. The highest BCUT2D eigenvalue weighted by Gasteiger charge is 2.44. The number of aryl methyl sites for hydroxylation is 1. The molecule has 1 fully saturated rings. The van der Waals surface area contributed by atoms with Crippen LogP contribution in [-0.2, 0) is 17.5 Å². The van der Waals surface area contributed by atoms with Crippen molar-refractivity contribution in [2.24, 2.45) is 5.92 Å². The molecule has 2 aromatic rings. The first-order valence-corrected chi connectivity index (χ1v) is 7.71. The van der Waals surface area contributed by atoms with Gasteiger partial charge in [-0.15, -0.1) is 0 Å². The van der Waals surface area contributed by atoms with Crippen LogP contribution in [0, 0.1) is 12.8 Å². The molecule has 6 heteroatoms. The fraction of sp³-hybridized carbons (Fsp3) is 0.333. The number of alkyl halides is 3. The number of nitrogens with zero attached hydrogens (tertiary/aromatic N) is 1. The van der Waals surface area contributed by atoms with E-state index in [4.69, 9.17) is 0 Å². The summed E-state index contributed by atoms with van der Waals surface area (Å²) < 4.78 is 38.3. The normalized spacial score (nSPS) is 19.8. The summed E-state index contributed by atoms with van der Waals surface area (Å²) in [4.78, 5) is 16.3. The van der Waals surface area contributed by atoms with Gasteiger partial charge in [0, 0.05) is 24.4 Å². The van der Waals surface area contributed by atoms with Gasteiger partial charge in [-0.05, 0) is 42.5 Å². The average molecular weight is 334 g/mol. The summed E-state index contributed by atoms with van der Waals surface area (Å²) in [5.41, 5.74) is 1.70. The molecule has 1 saturated carbocycles. The Morgan fingerprint density at radius 1 is 1.29 bits per heavy atom. The van der Waals surface area contributed by atoms with E-state index in [2.05, 4.69) is 10.3 Å². The predicted octanol–water partition coefficient (Wildman–Crippen LogP) is 3.83. The molecule has 0 bridgehead atoms. The molecule has 0 unspecified atom stereocenters. The van der Waals surface area contributed by atoms with Crippen LogP contribution < -0.4 is 5.32 Å². The summed E-state index contributed by atoms with van der Waals surface area (Å²) in [6.45, 7) is 2.25. The monoisotopic (exact) mass is 334 g/mol. The fourth-order valence-corrected chi connectivity index (χ4v) is 2.72. The van der Waals surface area contributed by atoms with Gasteiger partial charge in [-0.25, -0.2) is 0 Å². The molecular formula is C18H17F3N2O. The van der Waals surface area contributed by atoms with Crippen LogP contribution in [0.5, 0.6) is 0 Å². The molecule has 3 nitrogen and oxygen atoms in total. The second kappa shape index (κ2) is 6.26. The van der Waals surface area contributed by atoms with Crippen LogP contribution in [0.3, 0.4) is 0 Å². The summed E-state index contributed by atoms with van der Waals surface area (Å²) in [6, 6.07) is 8.98. The maximum atomic E-state index is 12.8. The number of hydrogen-bond acceptors (Lipinski definition) is 2. The third-order valence-electron chi connectivity index (χ3n) is 4.21. The Labute approximate surface area is 137 Å². The first-order chi connectivity index (χ1) is 11.3. The summed E-state index contributed by atoms with van der Waals surface area (Å²) in [7, 11) is 0. The minimum Gasteiger partial charge on any atom is -0.352 e. The lowest BCUT2D eigenvalue weighted by molar-refractivity contribution is -0.137. The van der Waals surface area contributed by atoms with Gasteiger partial charge in [0.15, 0.2) is 0 Å². The molecule has 1 aliphatic rings. The Morgan fingerprint density at radius 2 is 2.08 bits per heavy atom. The van der Waals surface area contributed by atoms with Crippen molar-refractivity contribution in [1.82, 2.24) is 10.3 Å². The molecule has 126 valence electrons. The molecule has 2 atom stereocenters. The van der Waals surface area contributed by atoms with Crippen molar-refractivity contribution in [3.8, 4) is 0 Å². The molecule has 24 heavy (non-hydrogen) atoms. The molecule has 0 aliphatic heterocycles. The van der Waals surface area contributed by atoms with E-state index in [0.29, 0.717) is 18.5 Å². The van der Waals surface area contributed by atoms with Crippen molar-refractivity contribution >= 4 is 5.91 Å². The first kappa shape index (κ1) is 16.5. The number of amides is 1. The number of halogens is 3. The molecule has 1 heterocycles. The van der Waals surface area contributed by atoms with Crippen molar-refractivity contribution in [2.75, 3.05) is 0 Å². The standard InChI is InChI=1S/C18H17F3N2O/c1-11-5-6-12(9-22-11)10-23-17(24)16-8-15(16)13-3-2-4-14(7-13)18(19,20)21/h2-7,9,15-16H,8,10H2,1H3,(H,23,24)/t15-,16+/m1/s1. The van der Waals surface area contributed by atoms with Crippen molar-refractivity contribution in [3.63, 3.8) is 0 Å². The lowest BCUT2D eigenvalue weighted by Gasteiger charge is -2.09. The molecule has 0 saturated heterocycles. The van der Waals surface area contributed by atoms with Crippen LogP contribution >= 0.6 is 0 Å². The number of hydrogen-bond donors (Lipinski definition) is 1. The van der Waals surface area contributed by atoms with Gasteiger partial charge >= 0.3 is 6.18 Å². The fourth-order valence-electron chi connectivity index (χ4n) is 2.72. The molecule has 0 spiro atoms. The second-order valence-electron chi connectivity index (χ2n) is 6.10. The number of carbonyl (C=O) groups is 1. The van der Waals surface area contributed by atoms with Crippen molar-refractivity contribution in [1.29, 1.82) is 0 Å². The van der Waals surface area contributed by atoms with Gasteiger partial charge in [-0.2, -0.15) is 13.2 Å². The largest absolute Gasteiger partial charge is 0.416 e. The Kier molecular flexibility index (Phi) is 4.30. The van der Waals surface area contributed by atoms with Gasteiger partial charge in [0.1, 0.15) is 0 Å². The third-order valence-corrected chi connectivity index (χ3v) is 4.21. The van der Waals surface area contributed by atoms with Gasteiger partial charge in [0.2, 0.25) is 5.91 Å². The van der Waals surface area contributed by atoms with E-state index in [0.717, 1.165) is 23.4 Å². The van der Waals surface area contributed by atoms with Gasteiger partial charge in [0.25, 0.3) is 0 Å².